The summed E-state index contributed by atoms with van der Waals surface area (Å²) in [7, 11) is 0. The summed E-state index contributed by atoms with van der Waals surface area (Å²) in [4.78, 5) is 20.8. The van der Waals surface area contributed by atoms with Crippen LogP contribution in [0.5, 0.6) is 0 Å². The van der Waals surface area contributed by atoms with Crippen molar-refractivity contribution in [2.45, 2.75) is 32.5 Å². The molecule has 20 heavy (non-hydrogen) atoms. The van der Waals surface area contributed by atoms with Crippen LogP contribution in [-0.2, 0) is 9.53 Å². The molecule has 0 saturated carbocycles. The number of hydrogen-bond acceptors (Lipinski definition) is 5. The third-order valence-corrected chi connectivity index (χ3v) is 2.44. The number of esters is 1. The minimum absolute atomic E-state index is 0.0539. The lowest BCUT2D eigenvalue weighted by Gasteiger charge is -2.18. The van der Waals surface area contributed by atoms with Crippen molar-refractivity contribution in [1.82, 2.24) is 9.78 Å². The van der Waals surface area contributed by atoms with E-state index in [4.69, 9.17) is 0 Å². The highest BCUT2D eigenvalue weighted by Crippen LogP contribution is 2.34. The van der Waals surface area contributed by atoms with Gasteiger partial charge in [-0.15, -0.1) is 0 Å². The first-order chi connectivity index (χ1) is 9.16. The first-order valence-electron chi connectivity index (χ1n) is 5.59. The largest absolute Gasteiger partial charge is 0.466 e. The molecule has 0 radical (unpaired) electrons. The second-order valence-corrected chi connectivity index (χ2v) is 3.91. The summed E-state index contributed by atoms with van der Waals surface area (Å²) in [5, 5.41) is 13.8. The van der Waals surface area contributed by atoms with Gasteiger partial charge in [0.25, 0.3) is 0 Å². The van der Waals surface area contributed by atoms with Crippen LogP contribution >= 0.6 is 0 Å². The maximum absolute atomic E-state index is 13.0. The monoisotopic (exact) mass is 295 g/mol. The molecule has 0 aliphatic heterocycles. The Balaban J connectivity index is 3.11. The molecule has 112 valence electrons. The van der Waals surface area contributed by atoms with Crippen LogP contribution in [-0.4, -0.2) is 33.5 Å². The topological polar surface area (TPSA) is 87.3 Å². The standard InChI is InChI=1S/C10H12F3N3O4/c1-3-20-9(17)5-7(10(11,12)13)15-6(2)4-8(14-15)16(18)19/h4,7H,3,5H2,1-2H3. The lowest BCUT2D eigenvalue weighted by molar-refractivity contribution is -0.390. The first kappa shape index (κ1) is 15.9. The summed E-state index contributed by atoms with van der Waals surface area (Å²) < 4.78 is 43.8. The fourth-order valence-corrected chi connectivity index (χ4v) is 1.59. The summed E-state index contributed by atoms with van der Waals surface area (Å²) in [5.74, 6) is -1.76. The highest BCUT2D eigenvalue weighted by atomic mass is 19.4. The Bertz CT molecular complexity index is 512. The average molecular weight is 295 g/mol. The van der Waals surface area contributed by atoms with Gasteiger partial charge in [-0.1, -0.05) is 0 Å². The number of alkyl halides is 3. The number of aromatic nitrogens is 2. The molecule has 1 atom stereocenters. The van der Waals surface area contributed by atoms with Gasteiger partial charge in [0.15, 0.2) is 6.04 Å². The van der Waals surface area contributed by atoms with Gasteiger partial charge in [0.2, 0.25) is 0 Å². The van der Waals surface area contributed by atoms with Crippen LogP contribution in [0.2, 0.25) is 0 Å². The van der Waals surface area contributed by atoms with Crippen LogP contribution in [0.3, 0.4) is 0 Å². The van der Waals surface area contributed by atoms with E-state index in [-0.39, 0.29) is 12.3 Å². The zero-order valence-corrected chi connectivity index (χ0v) is 10.7. The molecule has 1 aromatic rings. The van der Waals surface area contributed by atoms with Crippen LogP contribution in [0.1, 0.15) is 25.1 Å². The molecular weight excluding hydrogens is 283 g/mol. The fourth-order valence-electron chi connectivity index (χ4n) is 1.59. The predicted molar refractivity (Wildman–Crippen MR) is 60.0 cm³/mol. The van der Waals surface area contributed by atoms with Crippen molar-refractivity contribution < 1.29 is 27.6 Å². The Hall–Kier alpha value is -2.13. The predicted octanol–water partition coefficient (Wildman–Crippen LogP) is 2.16. The van der Waals surface area contributed by atoms with Gasteiger partial charge in [0.05, 0.1) is 29.9 Å². The van der Waals surface area contributed by atoms with Crippen LogP contribution in [0.4, 0.5) is 19.0 Å². The highest BCUT2D eigenvalue weighted by Gasteiger charge is 2.46. The molecular formula is C10H12F3N3O4. The molecule has 0 amide bonds. The highest BCUT2D eigenvalue weighted by molar-refractivity contribution is 5.70. The molecule has 1 aromatic heterocycles. The number of nitrogens with zero attached hydrogens (tertiary/aromatic N) is 3. The smallest absolute Gasteiger partial charge is 0.413 e. The number of carbonyl (C=O) groups is 1. The van der Waals surface area contributed by atoms with Gasteiger partial charge >= 0.3 is 18.0 Å². The van der Waals surface area contributed by atoms with Crippen molar-refractivity contribution in [2.24, 2.45) is 0 Å². The van der Waals surface area contributed by atoms with E-state index < -0.39 is 35.3 Å². The molecule has 0 fully saturated rings. The van der Waals surface area contributed by atoms with Gasteiger partial charge in [0, 0.05) is 0 Å². The van der Waals surface area contributed by atoms with Gasteiger partial charge in [0.1, 0.15) is 0 Å². The van der Waals surface area contributed by atoms with Crippen molar-refractivity contribution in [3.63, 3.8) is 0 Å². The molecule has 0 N–H and O–H groups in total. The van der Waals surface area contributed by atoms with E-state index in [0.717, 1.165) is 6.07 Å². The molecule has 0 spiro atoms. The van der Waals surface area contributed by atoms with Gasteiger partial charge in [-0.05, 0) is 18.8 Å². The first-order valence-corrected chi connectivity index (χ1v) is 5.59. The average Bonchev–Trinajstić information content (AvgIpc) is 2.67. The van der Waals surface area contributed by atoms with Gasteiger partial charge in [-0.2, -0.15) is 17.9 Å². The number of halogens is 3. The number of carbonyl (C=O) groups excluding carboxylic acids is 1. The number of rotatable bonds is 5. The number of hydrogen-bond donors (Lipinski definition) is 0. The van der Waals surface area contributed by atoms with Gasteiger partial charge in [-0.25, -0.2) is 0 Å². The number of aryl methyl sites for hydroxylation is 1. The number of ether oxygens (including phenoxy) is 1. The van der Waals surface area contributed by atoms with Crippen molar-refractivity contribution >= 4 is 11.8 Å². The molecule has 0 saturated heterocycles. The van der Waals surface area contributed by atoms with Gasteiger partial charge in [-0.3, -0.25) is 4.79 Å². The second kappa shape index (κ2) is 5.88. The minimum Gasteiger partial charge on any atom is -0.466 e. The van der Waals surface area contributed by atoms with E-state index in [1.807, 2.05) is 0 Å². The maximum Gasteiger partial charge on any atom is 0.413 e. The Morgan fingerprint density at radius 2 is 2.20 bits per heavy atom. The Labute approximate surface area is 111 Å². The Morgan fingerprint density at radius 1 is 1.60 bits per heavy atom. The van der Waals surface area contributed by atoms with Crippen molar-refractivity contribution in [2.75, 3.05) is 6.61 Å². The van der Waals surface area contributed by atoms with Crippen LogP contribution < -0.4 is 0 Å². The van der Waals surface area contributed by atoms with Crippen molar-refractivity contribution in [3.05, 3.63) is 21.9 Å². The summed E-state index contributed by atoms with van der Waals surface area (Å²) in [6, 6.07) is -1.39. The zero-order valence-electron chi connectivity index (χ0n) is 10.7. The molecule has 0 bridgehead atoms. The normalized spacial score (nSPS) is 13.1. The molecule has 0 aliphatic carbocycles. The third-order valence-electron chi connectivity index (χ3n) is 2.44. The molecule has 7 nitrogen and oxygen atoms in total. The lowest BCUT2D eigenvalue weighted by atomic mass is 10.2. The SMILES string of the molecule is CCOC(=O)CC(n1nc([N+](=O)[O-])cc1C)C(F)(F)F. The third kappa shape index (κ3) is 3.68. The maximum atomic E-state index is 13.0. The van der Waals surface area contributed by atoms with Gasteiger partial charge < -0.3 is 14.9 Å². The molecule has 0 aliphatic rings. The molecule has 1 heterocycles. The van der Waals surface area contributed by atoms with E-state index in [1.165, 1.54) is 13.8 Å². The van der Waals surface area contributed by atoms with Crippen LogP contribution in [0, 0.1) is 17.0 Å². The molecule has 1 rings (SSSR count). The van der Waals surface area contributed by atoms with Crippen LogP contribution in [0.15, 0.2) is 6.07 Å². The van der Waals surface area contributed by atoms with E-state index in [1.54, 1.807) is 0 Å². The second-order valence-electron chi connectivity index (χ2n) is 3.91. The van der Waals surface area contributed by atoms with E-state index >= 15 is 0 Å². The summed E-state index contributed by atoms with van der Waals surface area (Å²) >= 11 is 0. The molecule has 0 aromatic carbocycles. The summed E-state index contributed by atoms with van der Waals surface area (Å²) in [6.45, 7) is 2.65. The number of nitro groups is 1. The summed E-state index contributed by atoms with van der Waals surface area (Å²) in [5.41, 5.74) is -0.0664. The minimum atomic E-state index is -4.78. The van der Waals surface area contributed by atoms with E-state index in [2.05, 4.69) is 9.84 Å². The van der Waals surface area contributed by atoms with Crippen LogP contribution in [0.25, 0.3) is 0 Å². The lowest BCUT2D eigenvalue weighted by Crippen LogP contribution is -2.31. The van der Waals surface area contributed by atoms with Crippen molar-refractivity contribution in [3.8, 4) is 0 Å². The van der Waals surface area contributed by atoms with E-state index in [0.29, 0.717) is 4.68 Å². The summed E-state index contributed by atoms with van der Waals surface area (Å²) in [6.07, 6.45) is -5.77. The quantitative estimate of drug-likeness (QED) is 0.472. The van der Waals surface area contributed by atoms with Crippen molar-refractivity contribution in [1.29, 1.82) is 0 Å². The van der Waals surface area contributed by atoms with E-state index in [9.17, 15) is 28.1 Å². The Kier molecular flexibility index (Phi) is 4.69. The Morgan fingerprint density at radius 3 is 2.60 bits per heavy atom. The fraction of sp³-hybridized carbons (Fsp3) is 0.600. The molecule has 1 unspecified atom stereocenters. The zero-order chi connectivity index (χ0) is 15.5. The molecule has 10 heteroatoms.